The first-order valence-electron chi connectivity index (χ1n) is 27.4. The van der Waals surface area contributed by atoms with Crippen molar-refractivity contribution in [3.8, 4) is 0 Å². The molecule has 3 amide bonds. The van der Waals surface area contributed by atoms with Crippen molar-refractivity contribution in [2.75, 3.05) is 33.5 Å². The van der Waals surface area contributed by atoms with Crippen molar-refractivity contribution < 1.29 is 28.6 Å². The minimum Gasteiger partial charge on any atom is -0.444 e. The number of unbranched alkanes of at least 4 members (excludes halogenated alkanes) is 6. The Balaban J connectivity index is 1.13. The van der Waals surface area contributed by atoms with Crippen LogP contribution in [0.1, 0.15) is 145 Å². The van der Waals surface area contributed by atoms with Gasteiger partial charge < -0.3 is 30.6 Å². The molecule has 4 aromatic rings. The maximum absolute atomic E-state index is 14.1. The van der Waals surface area contributed by atoms with E-state index < -0.39 is 35.1 Å². The molecule has 0 spiro atoms. The molecule has 2 aliphatic carbocycles. The van der Waals surface area contributed by atoms with E-state index in [-0.39, 0.29) is 0 Å². The smallest absolute Gasteiger partial charge is 0.414 e. The van der Waals surface area contributed by atoms with Gasteiger partial charge in [0.05, 0.1) is 34.1 Å². The number of anilines is 6. The second-order valence-electron chi connectivity index (χ2n) is 23.2. The zero-order chi connectivity index (χ0) is 56.8. The van der Waals surface area contributed by atoms with Crippen molar-refractivity contribution in [1.29, 1.82) is 0 Å². The number of ether oxygens (including phenoxy) is 3. The summed E-state index contributed by atoms with van der Waals surface area (Å²) < 4.78 is 17.5. The molecule has 0 bridgehead atoms. The Morgan fingerprint density at radius 2 is 0.936 bits per heavy atom. The number of allylic oxidation sites excluding steroid dienone is 6. The highest BCUT2D eigenvalue weighted by molar-refractivity contribution is 6.03. The number of hydrogen-bond donors (Lipinski definition) is 4. The number of alkyl carbamates (subject to hydrolysis) is 1. The second kappa shape index (κ2) is 26.6. The van der Waals surface area contributed by atoms with Crippen molar-refractivity contribution in [3.63, 3.8) is 0 Å². The van der Waals surface area contributed by atoms with Crippen LogP contribution in [0.15, 0.2) is 142 Å². The lowest BCUT2D eigenvalue weighted by molar-refractivity contribution is 0.0541. The van der Waals surface area contributed by atoms with Crippen molar-refractivity contribution in [2.45, 2.75) is 165 Å². The number of hydrogen-bond acceptors (Lipinski definition) is 11. The highest BCUT2D eigenvalue weighted by Gasteiger charge is 2.28. The first-order chi connectivity index (χ1) is 36.8. The van der Waals surface area contributed by atoms with E-state index in [2.05, 4.69) is 16.0 Å². The molecule has 0 unspecified atom stereocenters. The number of rotatable bonds is 19. The van der Waals surface area contributed by atoms with Gasteiger partial charge in [0.2, 0.25) is 0 Å². The molecule has 416 valence electrons. The van der Waals surface area contributed by atoms with Crippen LogP contribution in [0.4, 0.5) is 59.9 Å². The van der Waals surface area contributed by atoms with Crippen LogP contribution in [0.5, 0.6) is 0 Å². The molecule has 0 saturated carbocycles. The van der Waals surface area contributed by atoms with Crippen LogP contribution in [0.25, 0.3) is 0 Å². The number of para-hydroxylation sites is 2. The lowest BCUT2D eigenvalue weighted by Crippen LogP contribution is -2.38. The molecule has 0 aromatic heterocycles. The third-order valence-corrected chi connectivity index (χ3v) is 12.7. The Kier molecular flexibility index (Phi) is 20.4. The van der Waals surface area contributed by atoms with Crippen molar-refractivity contribution >= 4 is 75.2 Å². The quantitative estimate of drug-likeness (QED) is 0.0527. The molecule has 4 aromatic carbocycles. The van der Waals surface area contributed by atoms with Gasteiger partial charge in [-0.2, -0.15) is 0 Å². The van der Waals surface area contributed by atoms with E-state index >= 15 is 0 Å². The lowest BCUT2D eigenvalue weighted by Gasteiger charge is -2.29. The van der Waals surface area contributed by atoms with Gasteiger partial charge in [0.1, 0.15) is 16.8 Å². The monoisotopic (exact) mass is 1060 g/mol. The number of amides is 3. The molecule has 14 nitrogen and oxygen atoms in total. The highest BCUT2D eigenvalue weighted by Crippen LogP contribution is 2.39. The van der Waals surface area contributed by atoms with Gasteiger partial charge in [0.15, 0.2) is 0 Å². The highest BCUT2D eigenvalue weighted by atomic mass is 16.6. The van der Waals surface area contributed by atoms with Crippen LogP contribution in [-0.2, 0) is 14.2 Å². The number of nitrogens with one attached hydrogen (secondary N) is 3. The summed E-state index contributed by atoms with van der Waals surface area (Å²) in [4.78, 5) is 54.5. The van der Waals surface area contributed by atoms with E-state index in [9.17, 15) is 14.4 Å². The minimum absolute atomic E-state index is 0.393. The first-order valence-corrected chi connectivity index (χ1v) is 27.4. The van der Waals surface area contributed by atoms with Crippen LogP contribution in [0.2, 0.25) is 0 Å². The van der Waals surface area contributed by atoms with Gasteiger partial charge >= 0.3 is 18.3 Å². The van der Waals surface area contributed by atoms with Crippen LogP contribution < -0.4 is 31.5 Å². The van der Waals surface area contributed by atoms with Gasteiger partial charge in [-0.3, -0.25) is 25.1 Å². The molecular weight excluding hydrogens is 977 g/mol. The molecular formula is C64H84N8O6. The summed E-state index contributed by atoms with van der Waals surface area (Å²) in [6.45, 7) is 25.7. The maximum atomic E-state index is 14.1. The van der Waals surface area contributed by atoms with E-state index in [1.165, 1.54) is 0 Å². The largest absolute Gasteiger partial charge is 0.444 e. The van der Waals surface area contributed by atoms with Crippen LogP contribution in [0, 0.1) is 13.8 Å². The summed E-state index contributed by atoms with van der Waals surface area (Å²) >= 11 is 0. The third-order valence-electron chi connectivity index (χ3n) is 12.7. The number of aryl methyl sites for hydroxylation is 2. The summed E-state index contributed by atoms with van der Waals surface area (Å²) in [6, 6.07) is 27.9. The Morgan fingerprint density at radius 3 is 1.33 bits per heavy atom. The number of carbonyl (C=O) groups is 3. The van der Waals surface area contributed by atoms with Crippen molar-refractivity contribution in [3.05, 3.63) is 143 Å². The van der Waals surface area contributed by atoms with Crippen LogP contribution in [-0.4, -0.2) is 59.6 Å². The van der Waals surface area contributed by atoms with Gasteiger partial charge in [-0.25, -0.2) is 14.4 Å². The number of aliphatic imine (C=N–C) groups is 2. The zero-order valence-electron chi connectivity index (χ0n) is 48.5. The molecule has 0 radical (unpaired) electrons. The van der Waals surface area contributed by atoms with E-state index in [0.717, 1.165) is 124 Å². The lowest BCUT2D eigenvalue weighted by atomic mass is 10.0. The summed E-state index contributed by atoms with van der Waals surface area (Å²) in [7, 11) is 0. The molecule has 0 heterocycles. The second-order valence-corrected chi connectivity index (χ2v) is 23.2. The zero-order valence-corrected chi connectivity index (χ0v) is 48.5. The first kappa shape index (κ1) is 59.6. The van der Waals surface area contributed by atoms with Crippen molar-refractivity contribution in [2.24, 2.45) is 15.7 Å². The SMILES string of the molecule is CC1=CC(=Nc2cc(C)c(N(CCCCCCCCCN(C(=O)OC(C)(C)C)c3cc(Nc4ccccc4)c(N=C4C=C(C)C(NC(=O)OC(C)(C)C)=CC4)cc3C)C(=O)OC(C)(C)C)cc2Nc2ccccc2)CC=C1N. The van der Waals surface area contributed by atoms with Crippen LogP contribution in [0.3, 0.4) is 0 Å². The molecule has 2 aliphatic rings. The molecule has 6 rings (SSSR count). The molecule has 0 saturated heterocycles. The van der Waals surface area contributed by atoms with Gasteiger partial charge in [0, 0.05) is 60.1 Å². The average molecular weight is 1060 g/mol. The summed E-state index contributed by atoms with van der Waals surface area (Å²) in [6.07, 6.45) is 14.1. The normalized spacial score (nSPS) is 14.9. The number of benzene rings is 4. The van der Waals surface area contributed by atoms with Crippen LogP contribution >= 0.6 is 0 Å². The fourth-order valence-electron chi connectivity index (χ4n) is 8.91. The van der Waals surface area contributed by atoms with E-state index in [1.54, 1.807) is 9.80 Å². The predicted molar refractivity (Wildman–Crippen MR) is 322 cm³/mol. The standard InChI is InChI=1S/C64H84N8O6/c1-43-37-49(31-33-51(43)65)68-53-39-45(3)57(41-55(53)66-47-27-21-19-22-28-47)71(60(74)77-63(8,9)10)35-25-17-15-14-16-18-26-36-72(61(75)78-64(11,12)13)58-42-56(67-48-29-23-20-24-30-48)54(40-46(58)4)69-50-32-34-52(44(2)38-50)70-59(73)76-62(5,6)7/h19-24,27-30,33-34,37-42,66-67H,14-18,25-26,31-32,35-36,65H2,1-13H3,(H,70,73). The van der Waals surface area contributed by atoms with E-state index in [1.807, 2.05) is 199 Å². The number of carbonyl (C=O) groups excluding carboxylic acids is 3. The fraction of sp³-hybridized carbons (Fsp3) is 0.422. The summed E-state index contributed by atoms with van der Waals surface area (Å²) in [5.74, 6) is 0. The molecule has 78 heavy (non-hydrogen) atoms. The molecule has 5 N–H and O–H groups in total. The molecule has 0 atom stereocenters. The topological polar surface area (TPSA) is 172 Å². The predicted octanol–water partition coefficient (Wildman–Crippen LogP) is 16.8. The number of nitrogens with two attached hydrogens (primary N) is 1. The van der Waals surface area contributed by atoms with E-state index in [0.29, 0.717) is 37.3 Å². The Labute approximate surface area is 464 Å². The number of nitrogens with zero attached hydrogens (tertiary/aromatic N) is 4. The summed E-state index contributed by atoms with van der Waals surface area (Å²) in [5, 5.41) is 10.0. The van der Waals surface area contributed by atoms with Gasteiger partial charge in [0.25, 0.3) is 0 Å². The van der Waals surface area contributed by atoms with Gasteiger partial charge in [-0.05, 0) is 186 Å². The maximum Gasteiger partial charge on any atom is 0.414 e. The average Bonchev–Trinajstić information content (AvgIpc) is 3.34. The van der Waals surface area contributed by atoms with Gasteiger partial charge in [-0.1, -0.05) is 80.7 Å². The molecule has 14 heteroatoms. The van der Waals surface area contributed by atoms with E-state index in [4.69, 9.17) is 29.9 Å². The Hall–Kier alpha value is -7.61. The Bertz CT molecular complexity index is 2950. The fourth-order valence-corrected chi connectivity index (χ4v) is 8.91. The Morgan fingerprint density at radius 1 is 0.538 bits per heavy atom. The molecule has 0 aliphatic heterocycles. The minimum atomic E-state index is -0.701. The summed E-state index contributed by atoms with van der Waals surface area (Å²) in [5.41, 5.74) is 17.2. The van der Waals surface area contributed by atoms with Gasteiger partial charge in [-0.15, -0.1) is 0 Å². The van der Waals surface area contributed by atoms with Crippen molar-refractivity contribution in [1.82, 2.24) is 5.32 Å². The molecule has 0 fully saturated rings. The third kappa shape index (κ3) is 18.6.